The number of ether oxygens (including phenoxy) is 1. The molecule has 8 nitrogen and oxygen atoms in total. The molecular weight excluding hydrogens is 534 g/mol. The molecule has 192 valence electrons. The number of anilines is 2. The lowest BCUT2D eigenvalue weighted by molar-refractivity contribution is -0.153. The summed E-state index contributed by atoms with van der Waals surface area (Å²) in [5.74, 6) is -2.02. The Labute approximate surface area is 219 Å². The Morgan fingerprint density at radius 1 is 1.26 bits per heavy atom. The van der Waals surface area contributed by atoms with Crippen LogP contribution in [0.25, 0.3) is 0 Å². The lowest BCUT2D eigenvalue weighted by Crippen LogP contribution is -2.52. The first kappa shape index (κ1) is 26.3. The summed E-state index contributed by atoms with van der Waals surface area (Å²) in [5.41, 5.74) is 1.74. The van der Waals surface area contributed by atoms with Gasteiger partial charge in [-0.1, -0.05) is 15.9 Å². The van der Waals surface area contributed by atoms with Gasteiger partial charge in [0.15, 0.2) is 0 Å². The van der Waals surface area contributed by atoms with Gasteiger partial charge in [-0.05, 0) is 57.9 Å². The van der Waals surface area contributed by atoms with Gasteiger partial charge in [-0.3, -0.25) is 14.4 Å². The molecule has 1 spiro atoms. The molecule has 3 unspecified atom stereocenters. The van der Waals surface area contributed by atoms with Crippen molar-refractivity contribution in [3.63, 3.8) is 0 Å². The number of nitrogens with one attached hydrogen (secondary N) is 1. The van der Waals surface area contributed by atoms with Gasteiger partial charge in [0.25, 0.3) is 0 Å². The van der Waals surface area contributed by atoms with Crippen LogP contribution < -0.4 is 10.2 Å². The average Bonchev–Trinajstić information content (AvgIpc) is 3.43. The van der Waals surface area contributed by atoms with Crippen LogP contribution in [0.5, 0.6) is 0 Å². The number of aliphatic hydroxyl groups excluding tert-OH is 1. The Hall–Kier alpha value is -1.78. The molecule has 0 radical (unpaired) electrons. The molecule has 2 bridgehead atoms. The van der Waals surface area contributed by atoms with E-state index in [1.165, 1.54) is 0 Å². The van der Waals surface area contributed by atoms with E-state index in [0.717, 1.165) is 18.8 Å². The maximum absolute atomic E-state index is 13.8. The maximum Gasteiger partial charge on any atom is 0.310 e. The fourth-order valence-corrected chi connectivity index (χ4v) is 9.58. The number of halogens is 1. The molecule has 3 heterocycles. The van der Waals surface area contributed by atoms with Gasteiger partial charge in [-0.2, -0.15) is 0 Å². The molecule has 10 heteroatoms. The molecule has 3 saturated heterocycles. The van der Waals surface area contributed by atoms with Gasteiger partial charge in [0, 0.05) is 47.7 Å². The quantitative estimate of drug-likeness (QED) is 0.331. The number of esters is 1. The molecule has 2 amide bonds. The van der Waals surface area contributed by atoms with Crippen molar-refractivity contribution in [3.8, 4) is 0 Å². The van der Waals surface area contributed by atoms with Crippen LogP contribution in [-0.2, 0) is 19.1 Å². The van der Waals surface area contributed by atoms with Crippen LogP contribution in [-0.4, -0.2) is 81.5 Å². The Bertz CT molecular complexity index is 959. The van der Waals surface area contributed by atoms with Crippen LogP contribution in [0.4, 0.5) is 11.4 Å². The van der Waals surface area contributed by atoms with E-state index in [-0.39, 0.29) is 47.6 Å². The summed E-state index contributed by atoms with van der Waals surface area (Å²) < 4.78 is 4.63. The average molecular weight is 569 g/mol. The largest absolute Gasteiger partial charge is 0.466 e. The number of benzene rings is 1. The fraction of sp³-hybridized carbons (Fsp3) is 0.640. The molecule has 3 aliphatic heterocycles. The van der Waals surface area contributed by atoms with E-state index in [2.05, 4.69) is 40.0 Å². The number of rotatable bonds is 10. The highest BCUT2D eigenvalue weighted by Crippen LogP contribution is 2.67. The number of aliphatic hydroxyl groups is 1. The topological polar surface area (TPSA) is 99.2 Å². The third-order valence-corrected chi connectivity index (χ3v) is 10.6. The predicted octanol–water partition coefficient (Wildman–Crippen LogP) is 2.88. The summed E-state index contributed by atoms with van der Waals surface area (Å²) >= 11 is 5.30. The van der Waals surface area contributed by atoms with Gasteiger partial charge in [-0.15, -0.1) is 11.8 Å². The standard InChI is InChI=1S/C25H34BrN3O5S/c1-4-28(5-2)16-10-8-15(9-11-16)27-22(31)21-25-14-17(26)20(35-25)18(24(33)34-6-3)19(25)23(32)29(21)12-7-13-30/h8-11,17-21,30H,4-7,12-14H2,1-3H3,(H,27,31)/t17?,18-,19-,20-,21?,25?/m0/s1. The SMILES string of the molecule is CCOC(=O)[C@H]1[C@H]2C(=O)N(CCCO)C(C(=O)Nc3ccc(N(CC)CC)cc3)C23CC(Br)[C@@H]1S3. The second-order valence-electron chi connectivity index (χ2n) is 9.23. The van der Waals surface area contributed by atoms with E-state index in [4.69, 9.17) is 4.74 Å². The molecular formula is C25H34BrN3O5S. The minimum atomic E-state index is -0.733. The monoisotopic (exact) mass is 567 g/mol. The summed E-state index contributed by atoms with van der Waals surface area (Å²) in [6, 6.07) is 6.98. The highest BCUT2D eigenvalue weighted by Gasteiger charge is 2.75. The van der Waals surface area contributed by atoms with Gasteiger partial charge in [0.2, 0.25) is 11.8 Å². The molecule has 35 heavy (non-hydrogen) atoms. The van der Waals surface area contributed by atoms with Crippen molar-refractivity contribution in [3.05, 3.63) is 24.3 Å². The van der Waals surface area contributed by atoms with Gasteiger partial charge in [0.05, 0.1) is 23.2 Å². The Morgan fingerprint density at radius 3 is 2.54 bits per heavy atom. The van der Waals surface area contributed by atoms with Crippen LogP contribution in [0.1, 0.15) is 33.6 Å². The van der Waals surface area contributed by atoms with Gasteiger partial charge in [-0.25, -0.2) is 0 Å². The van der Waals surface area contributed by atoms with Crippen molar-refractivity contribution < 1.29 is 24.2 Å². The van der Waals surface area contributed by atoms with Crippen molar-refractivity contribution in [1.29, 1.82) is 0 Å². The summed E-state index contributed by atoms with van der Waals surface area (Å²) in [6.45, 7) is 8.17. The molecule has 0 saturated carbocycles. The zero-order valence-corrected chi connectivity index (χ0v) is 22.8. The Balaban J connectivity index is 1.63. The third-order valence-electron chi connectivity index (χ3n) is 7.42. The maximum atomic E-state index is 13.8. The zero-order valence-electron chi connectivity index (χ0n) is 20.4. The minimum absolute atomic E-state index is 0.00685. The highest BCUT2D eigenvalue weighted by atomic mass is 79.9. The van der Waals surface area contributed by atoms with Crippen molar-refractivity contribution in [1.82, 2.24) is 4.90 Å². The van der Waals surface area contributed by atoms with Gasteiger partial charge in [0.1, 0.15) is 6.04 Å². The molecule has 6 atom stereocenters. The third kappa shape index (κ3) is 4.46. The summed E-state index contributed by atoms with van der Waals surface area (Å²) in [4.78, 5) is 44.2. The van der Waals surface area contributed by atoms with E-state index in [1.54, 1.807) is 23.6 Å². The number of nitrogens with zero attached hydrogens (tertiary/aromatic N) is 2. The number of alkyl halides is 1. The van der Waals surface area contributed by atoms with E-state index >= 15 is 0 Å². The van der Waals surface area contributed by atoms with Crippen molar-refractivity contribution in [2.24, 2.45) is 11.8 Å². The number of fused-ring (bicyclic) bond motifs is 1. The number of thioether (sulfide) groups is 1. The molecule has 1 aromatic rings. The number of carbonyl (C=O) groups excluding carboxylic acids is 3. The molecule has 1 aromatic carbocycles. The summed E-state index contributed by atoms with van der Waals surface area (Å²) in [6.07, 6.45) is 0.982. The molecule has 4 rings (SSSR count). The van der Waals surface area contributed by atoms with Crippen LogP contribution in [0.3, 0.4) is 0 Å². The number of hydrogen-bond donors (Lipinski definition) is 2. The predicted molar refractivity (Wildman–Crippen MR) is 141 cm³/mol. The molecule has 3 fully saturated rings. The van der Waals surface area contributed by atoms with Crippen molar-refractivity contribution in [2.75, 3.05) is 43.1 Å². The van der Waals surface area contributed by atoms with Crippen molar-refractivity contribution in [2.45, 2.75) is 54.5 Å². The lowest BCUT2D eigenvalue weighted by Gasteiger charge is -2.35. The number of amides is 2. The number of likely N-dealkylation sites (tertiary alicyclic amines) is 1. The second kappa shape index (κ2) is 10.7. The van der Waals surface area contributed by atoms with Crippen LogP contribution in [0, 0.1) is 11.8 Å². The van der Waals surface area contributed by atoms with Gasteiger partial charge < -0.3 is 25.0 Å². The highest BCUT2D eigenvalue weighted by molar-refractivity contribution is 9.09. The zero-order chi connectivity index (χ0) is 25.3. The van der Waals surface area contributed by atoms with Gasteiger partial charge >= 0.3 is 5.97 Å². The normalized spacial score (nSPS) is 30.9. The number of hydrogen-bond acceptors (Lipinski definition) is 7. The first-order chi connectivity index (χ1) is 16.8. The first-order valence-electron chi connectivity index (χ1n) is 12.4. The van der Waals surface area contributed by atoms with E-state index in [9.17, 15) is 19.5 Å². The summed E-state index contributed by atoms with van der Waals surface area (Å²) in [5, 5.41) is 12.3. The van der Waals surface area contributed by atoms with E-state index < -0.39 is 22.6 Å². The van der Waals surface area contributed by atoms with E-state index in [1.807, 2.05) is 24.3 Å². The van der Waals surface area contributed by atoms with Crippen LogP contribution in [0.15, 0.2) is 24.3 Å². The van der Waals surface area contributed by atoms with Crippen LogP contribution in [0.2, 0.25) is 0 Å². The summed E-state index contributed by atoms with van der Waals surface area (Å²) in [7, 11) is 0. The number of carbonyl (C=O) groups is 3. The second-order valence-corrected chi connectivity index (χ2v) is 11.9. The van der Waals surface area contributed by atoms with Crippen molar-refractivity contribution >= 4 is 56.9 Å². The Kier molecular flexibility index (Phi) is 8.02. The van der Waals surface area contributed by atoms with Crippen LogP contribution >= 0.6 is 27.7 Å². The lowest BCUT2D eigenvalue weighted by atomic mass is 9.71. The first-order valence-corrected chi connectivity index (χ1v) is 14.2. The molecule has 3 aliphatic rings. The molecule has 0 aromatic heterocycles. The molecule has 2 N–H and O–H groups in total. The Morgan fingerprint density at radius 2 is 1.94 bits per heavy atom. The van der Waals surface area contributed by atoms with E-state index in [0.29, 0.717) is 18.5 Å². The molecule has 0 aliphatic carbocycles. The smallest absolute Gasteiger partial charge is 0.310 e. The minimum Gasteiger partial charge on any atom is -0.466 e. The fourth-order valence-electron chi connectivity index (χ4n) is 5.97.